The Morgan fingerprint density at radius 2 is 1.94 bits per heavy atom. The molecule has 0 aliphatic carbocycles. The highest BCUT2D eigenvalue weighted by molar-refractivity contribution is 5.93. The Morgan fingerprint density at radius 1 is 1.35 bits per heavy atom. The molecule has 17 heavy (non-hydrogen) atoms. The first-order valence-corrected chi connectivity index (χ1v) is 4.98. The number of carbonyl (C=O) groups is 1. The second kappa shape index (κ2) is 4.92. The Morgan fingerprint density at radius 3 is 2.41 bits per heavy atom. The minimum absolute atomic E-state index is 0.158. The van der Waals surface area contributed by atoms with Gasteiger partial charge in [0.1, 0.15) is 0 Å². The maximum Gasteiger partial charge on any atom is 0.338 e. The quantitative estimate of drug-likeness (QED) is 0.466. The Balaban J connectivity index is 3.51. The number of aliphatic hydroxyl groups is 1. The van der Waals surface area contributed by atoms with Crippen molar-refractivity contribution in [2.75, 3.05) is 7.11 Å². The molecule has 94 valence electrons. The number of aromatic hydroxyl groups is 3. The highest BCUT2D eigenvalue weighted by atomic mass is 16.5. The van der Waals surface area contributed by atoms with Gasteiger partial charge in [0, 0.05) is 5.56 Å². The lowest BCUT2D eigenvalue weighted by Gasteiger charge is -2.16. The number of hydrogen-bond donors (Lipinski definition) is 4. The average molecular weight is 242 g/mol. The van der Waals surface area contributed by atoms with Crippen LogP contribution in [-0.4, -0.2) is 33.5 Å². The van der Waals surface area contributed by atoms with E-state index in [-0.39, 0.29) is 17.5 Å². The van der Waals surface area contributed by atoms with E-state index in [1.807, 2.05) is 0 Å². The number of aliphatic hydroxyl groups excluding tert-OH is 1. The van der Waals surface area contributed by atoms with Gasteiger partial charge < -0.3 is 25.2 Å². The third-order valence-electron chi connectivity index (χ3n) is 2.42. The molecule has 1 unspecified atom stereocenters. The van der Waals surface area contributed by atoms with E-state index in [0.717, 1.165) is 13.2 Å². The first-order valence-electron chi connectivity index (χ1n) is 4.98. The molecule has 1 rings (SSSR count). The molecule has 0 amide bonds. The molecule has 4 N–H and O–H groups in total. The fourth-order valence-corrected chi connectivity index (χ4v) is 1.48. The maximum absolute atomic E-state index is 11.4. The molecule has 0 fully saturated rings. The van der Waals surface area contributed by atoms with Gasteiger partial charge in [-0.05, 0) is 12.5 Å². The molecule has 6 nitrogen and oxygen atoms in total. The van der Waals surface area contributed by atoms with Crippen LogP contribution in [0.3, 0.4) is 0 Å². The summed E-state index contributed by atoms with van der Waals surface area (Å²) in [7, 11) is 1.13. The van der Waals surface area contributed by atoms with Crippen LogP contribution < -0.4 is 0 Å². The lowest BCUT2D eigenvalue weighted by molar-refractivity contribution is 0.0591. The number of carbonyl (C=O) groups excluding carboxylic acids is 1. The van der Waals surface area contributed by atoms with Crippen molar-refractivity contribution in [1.82, 2.24) is 0 Å². The normalized spacial score (nSPS) is 12.2. The van der Waals surface area contributed by atoms with E-state index in [4.69, 9.17) is 0 Å². The van der Waals surface area contributed by atoms with Crippen molar-refractivity contribution < 1.29 is 30.0 Å². The molecule has 0 spiro atoms. The number of benzene rings is 1. The second-order valence-electron chi connectivity index (χ2n) is 3.47. The first kappa shape index (κ1) is 13.1. The molecule has 1 aromatic carbocycles. The third-order valence-corrected chi connectivity index (χ3v) is 2.42. The van der Waals surface area contributed by atoms with Crippen LogP contribution >= 0.6 is 0 Å². The van der Waals surface area contributed by atoms with Crippen LogP contribution in [0.4, 0.5) is 0 Å². The van der Waals surface area contributed by atoms with Crippen LogP contribution in [0.5, 0.6) is 17.2 Å². The van der Waals surface area contributed by atoms with Crippen LogP contribution in [0.25, 0.3) is 0 Å². The van der Waals surface area contributed by atoms with Crippen LogP contribution in [0.1, 0.15) is 35.4 Å². The molecule has 0 aromatic heterocycles. The van der Waals surface area contributed by atoms with Gasteiger partial charge in [-0.15, -0.1) is 0 Å². The van der Waals surface area contributed by atoms with Crippen LogP contribution in [0.2, 0.25) is 0 Å². The second-order valence-corrected chi connectivity index (χ2v) is 3.47. The topological polar surface area (TPSA) is 107 Å². The molecule has 6 heteroatoms. The zero-order valence-corrected chi connectivity index (χ0v) is 9.47. The number of esters is 1. The molecule has 0 radical (unpaired) electrons. The first-order chi connectivity index (χ1) is 7.93. The molecular formula is C11H14O6. The van der Waals surface area contributed by atoms with E-state index in [1.165, 1.54) is 0 Å². The zero-order valence-electron chi connectivity index (χ0n) is 9.47. The molecular weight excluding hydrogens is 228 g/mol. The molecule has 1 aromatic rings. The Hall–Kier alpha value is -1.95. The van der Waals surface area contributed by atoms with Gasteiger partial charge in [-0.3, -0.25) is 0 Å². The summed E-state index contributed by atoms with van der Waals surface area (Å²) >= 11 is 0. The number of rotatable bonds is 3. The number of methoxy groups -OCH3 is 1. The van der Waals surface area contributed by atoms with E-state index < -0.39 is 29.3 Å². The molecule has 0 saturated carbocycles. The SMILES string of the molecule is CCC(O)c1c(C(=O)OC)cc(O)c(O)c1O. The van der Waals surface area contributed by atoms with Gasteiger partial charge in [-0.1, -0.05) is 6.92 Å². The van der Waals surface area contributed by atoms with E-state index in [1.54, 1.807) is 6.92 Å². The molecule has 0 saturated heterocycles. The van der Waals surface area contributed by atoms with Gasteiger partial charge >= 0.3 is 5.97 Å². The van der Waals surface area contributed by atoms with Gasteiger partial charge in [0.25, 0.3) is 0 Å². The number of hydrogen-bond acceptors (Lipinski definition) is 6. The third kappa shape index (κ3) is 2.26. The zero-order chi connectivity index (χ0) is 13.2. The Bertz CT molecular complexity index is 440. The number of ether oxygens (including phenoxy) is 1. The predicted molar refractivity (Wildman–Crippen MR) is 58.0 cm³/mol. The summed E-state index contributed by atoms with van der Waals surface area (Å²) in [4.78, 5) is 11.4. The van der Waals surface area contributed by atoms with Gasteiger partial charge in [-0.25, -0.2) is 4.79 Å². The van der Waals surface area contributed by atoms with Crippen LogP contribution in [0, 0.1) is 0 Å². The molecule has 1 atom stereocenters. The minimum atomic E-state index is -1.14. The highest BCUT2D eigenvalue weighted by Gasteiger charge is 2.25. The fourth-order valence-electron chi connectivity index (χ4n) is 1.48. The van der Waals surface area contributed by atoms with Crippen LogP contribution in [0.15, 0.2) is 6.07 Å². The summed E-state index contributed by atoms with van der Waals surface area (Å²) < 4.78 is 4.47. The van der Waals surface area contributed by atoms with E-state index in [9.17, 15) is 25.2 Å². The molecule has 0 bridgehead atoms. The summed E-state index contributed by atoms with van der Waals surface area (Å²) in [5.41, 5.74) is -0.343. The van der Waals surface area contributed by atoms with Crippen molar-refractivity contribution in [3.8, 4) is 17.2 Å². The van der Waals surface area contributed by atoms with Gasteiger partial charge in [0.2, 0.25) is 5.75 Å². The lowest BCUT2D eigenvalue weighted by Crippen LogP contribution is -2.09. The van der Waals surface area contributed by atoms with Crippen molar-refractivity contribution in [3.63, 3.8) is 0 Å². The summed E-state index contributed by atoms with van der Waals surface area (Å²) in [6.45, 7) is 1.63. The molecule has 0 heterocycles. The number of phenolic OH excluding ortho intramolecular Hbond substituents is 3. The smallest absolute Gasteiger partial charge is 0.338 e. The fraction of sp³-hybridized carbons (Fsp3) is 0.364. The summed E-state index contributed by atoms with van der Waals surface area (Å²) in [5, 5.41) is 38.0. The summed E-state index contributed by atoms with van der Waals surface area (Å²) in [6.07, 6.45) is -0.919. The monoisotopic (exact) mass is 242 g/mol. The van der Waals surface area contributed by atoms with Crippen molar-refractivity contribution in [1.29, 1.82) is 0 Å². The summed E-state index contributed by atoms with van der Waals surface area (Å²) in [6, 6.07) is 0.940. The number of phenols is 3. The molecule has 0 aliphatic rings. The van der Waals surface area contributed by atoms with E-state index >= 15 is 0 Å². The average Bonchev–Trinajstić information content (AvgIpc) is 2.33. The van der Waals surface area contributed by atoms with Crippen molar-refractivity contribution >= 4 is 5.97 Å². The maximum atomic E-state index is 11.4. The predicted octanol–water partition coefficient (Wildman–Crippen LogP) is 1.03. The van der Waals surface area contributed by atoms with Crippen molar-refractivity contribution in [2.45, 2.75) is 19.4 Å². The Labute approximate surface area is 97.7 Å². The van der Waals surface area contributed by atoms with Crippen molar-refractivity contribution in [2.24, 2.45) is 0 Å². The van der Waals surface area contributed by atoms with E-state index in [0.29, 0.717) is 0 Å². The minimum Gasteiger partial charge on any atom is -0.504 e. The van der Waals surface area contributed by atoms with Gasteiger partial charge in [-0.2, -0.15) is 0 Å². The van der Waals surface area contributed by atoms with Gasteiger partial charge in [0.05, 0.1) is 18.8 Å². The highest BCUT2D eigenvalue weighted by Crippen LogP contribution is 2.43. The Kier molecular flexibility index (Phi) is 3.80. The van der Waals surface area contributed by atoms with Gasteiger partial charge in [0.15, 0.2) is 11.5 Å². The van der Waals surface area contributed by atoms with E-state index in [2.05, 4.69) is 4.74 Å². The lowest BCUT2D eigenvalue weighted by atomic mass is 9.98. The van der Waals surface area contributed by atoms with Crippen LogP contribution in [-0.2, 0) is 4.74 Å². The standard InChI is InChI=1S/C11H14O6/c1-3-6(12)8-5(11(16)17-2)4-7(13)9(14)10(8)15/h4,6,12-15H,3H2,1-2H3. The molecule has 0 aliphatic heterocycles. The van der Waals surface area contributed by atoms with Crippen molar-refractivity contribution in [3.05, 3.63) is 17.2 Å². The largest absolute Gasteiger partial charge is 0.504 e. The summed E-state index contributed by atoms with van der Waals surface area (Å²) in [5.74, 6) is -2.98.